The van der Waals surface area contributed by atoms with Crippen molar-refractivity contribution >= 4 is 17.9 Å². The lowest BCUT2D eigenvalue weighted by Crippen LogP contribution is -2.30. The molecule has 0 aliphatic rings. The van der Waals surface area contributed by atoms with E-state index in [1.807, 2.05) is 0 Å². The van der Waals surface area contributed by atoms with E-state index in [9.17, 15) is 14.4 Å². The topological polar surface area (TPSA) is 78.9 Å². The second-order valence-electron chi connectivity index (χ2n) is 23.4. The van der Waals surface area contributed by atoms with E-state index in [0.29, 0.717) is 19.3 Å². The lowest BCUT2D eigenvalue weighted by molar-refractivity contribution is -0.167. The summed E-state index contributed by atoms with van der Waals surface area (Å²) in [5.41, 5.74) is 0. The third kappa shape index (κ3) is 64.3. The van der Waals surface area contributed by atoms with Gasteiger partial charge in [0.2, 0.25) is 0 Å². The molecule has 0 aromatic rings. The minimum atomic E-state index is -0.773. The summed E-state index contributed by atoms with van der Waals surface area (Å²) in [6.07, 6.45) is 81.8. The number of allylic oxidation sites excluding steroid dienone is 6. The molecule has 0 bridgehead atoms. The number of hydrogen-bond acceptors (Lipinski definition) is 6. The third-order valence-electron chi connectivity index (χ3n) is 15.6. The summed E-state index contributed by atoms with van der Waals surface area (Å²) < 4.78 is 17.0. The molecule has 0 saturated heterocycles. The molecule has 6 heteroatoms. The highest BCUT2D eigenvalue weighted by Crippen LogP contribution is 2.18. The number of rotatable bonds is 64. The highest BCUT2D eigenvalue weighted by atomic mass is 16.6. The van der Waals surface area contributed by atoms with Crippen LogP contribution in [0, 0.1) is 0 Å². The Labute approximate surface area is 480 Å². The smallest absolute Gasteiger partial charge is 0.306 e. The van der Waals surface area contributed by atoms with Crippen LogP contribution in [0.1, 0.15) is 380 Å². The van der Waals surface area contributed by atoms with Crippen molar-refractivity contribution in [1.29, 1.82) is 0 Å². The number of carbonyl (C=O) groups is 3. The minimum Gasteiger partial charge on any atom is -0.462 e. The van der Waals surface area contributed by atoms with Gasteiger partial charge in [0.15, 0.2) is 6.10 Å². The first-order valence-electron chi connectivity index (χ1n) is 34.5. The molecule has 0 spiro atoms. The highest BCUT2D eigenvalue weighted by molar-refractivity contribution is 5.71. The van der Waals surface area contributed by atoms with Crippen LogP contribution in [-0.2, 0) is 28.6 Å². The summed E-state index contributed by atoms with van der Waals surface area (Å²) in [7, 11) is 0. The van der Waals surface area contributed by atoms with Crippen LogP contribution in [0.25, 0.3) is 0 Å². The van der Waals surface area contributed by atoms with Crippen molar-refractivity contribution < 1.29 is 28.6 Å². The van der Waals surface area contributed by atoms with Crippen molar-refractivity contribution in [3.8, 4) is 0 Å². The van der Waals surface area contributed by atoms with E-state index in [4.69, 9.17) is 14.2 Å². The van der Waals surface area contributed by atoms with Crippen molar-refractivity contribution in [3.63, 3.8) is 0 Å². The number of hydrogen-bond donors (Lipinski definition) is 0. The van der Waals surface area contributed by atoms with E-state index < -0.39 is 6.10 Å². The van der Waals surface area contributed by atoms with Crippen LogP contribution in [0.4, 0.5) is 0 Å². The zero-order chi connectivity index (χ0) is 55.7. The molecule has 0 N–H and O–H groups in total. The SMILES string of the molecule is CCCC/C=C\CCCCCCCC(=O)OCC(COC(=O)CCCCCCCCCCCCCCC/C=C\C/C=C\CCCCCCC)OC(=O)CCCCCCCCCCCCCCCCCCCCCCCCC. The Morgan fingerprint density at radius 3 is 0.766 bits per heavy atom. The maximum absolute atomic E-state index is 12.9. The van der Waals surface area contributed by atoms with Gasteiger partial charge in [0.05, 0.1) is 0 Å². The van der Waals surface area contributed by atoms with Gasteiger partial charge in [-0.3, -0.25) is 14.4 Å². The van der Waals surface area contributed by atoms with Crippen molar-refractivity contribution in [1.82, 2.24) is 0 Å². The fourth-order valence-corrected chi connectivity index (χ4v) is 10.4. The number of ether oxygens (including phenoxy) is 3. The van der Waals surface area contributed by atoms with E-state index in [2.05, 4.69) is 57.2 Å². The fraction of sp³-hybridized carbons (Fsp3) is 0.873. The Morgan fingerprint density at radius 2 is 0.481 bits per heavy atom. The summed E-state index contributed by atoms with van der Waals surface area (Å²) in [4.78, 5) is 38.3. The number of esters is 3. The van der Waals surface area contributed by atoms with Gasteiger partial charge in [-0.2, -0.15) is 0 Å². The van der Waals surface area contributed by atoms with Crippen molar-refractivity contribution in [2.45, 2.75) is 386 Å². The quantitative estimate of drug-likeness (QED) is 0.0261. The first-order chi connectivity index (χ1) is 38.0. The molecule has 77 heavy (non-hydrogen) atoms. The molecule has 1 unspecified atom stereocenters. The second kappa shape index (κ2) is 66.1. The molecule has 0 heterocycles. The van der Waals surface area contributed by atoms with Crippen LogP contribution in [0.5, 0.6) is 0 Å². The molecule has 0 aliphatic carbocycles. The molecule has 0 aromatic carbocycles. The van der Waals surface area contributed by atoms with Gasteiger partial charge in [-0.1, -0.05) is 327 Å². The predicted molar refractivity (Wildman–Crippen MR) is 335 cm³/mol. The molecule has 452 valence electrons. The average molecular weight is 1080 g/mol. The van der Waals surface area contributed by atoms with Crippen LogP contribution in [-0.4, -0.2) is 37.2 Å². The van der Waals surface area contributed by atoms with E-state index in [1.165, 1.54) is 270 Å². The zero-order valence-electron chi connectivity index (χ0n) is 52.0. The Hall–Kier alpha value is -2.37. The van der Waals surface area contributed by atoms with E-state index in [-0.39, 0.29) is 31.1 Å². The van der Waals surface area contributed by atoms with Gasteiger partial charge in [0.25, 0.3) is 0 Å². The Morgan fingerprint density at radius 1 is 0.260 bits per heavy atom. The third-order valence-corrected chi connectivity index (χ3v) is 15.6. The average Bonchev–Trinajstić information content (AvgIpc) is 3.43. The first-order valence-corrected chi connectivity index (χ1v) is 34.5. The van der Waals surface area contributed by atoms with Gasteiger partial charge in [0.1, 0.15) is 13.2 Å². The molecule has 0 radical (unpaired) electrons. The summed E-state index contributed by atoms with van der Waals surface area (Å²) in [6, 6.07) is 0. The van der Waals surface area contributed by atoms with Crippen LogP contribution in [0.2, 0.25) is 0 Å². The summed E-state index contributed by atoms with van der Waals surface area (Å²) in [6.45, 7) is 6.65. The van der Waals surface area contributed by atoms with Gasteiger partial charge in [-0.25, -0.2) is 0 Å². The van der Waals surface area contributed by atoms with Crippen LogP contribution >= 0.6 is 0 Å². The Kier molecular flexibility index (Phi) is 64.1. The number of unbranched alkanes of at least 4 members (excludes halogenated alkanes) is 47. The first kappa shape index (κ1) is 74.6. The summed E-state index contributed by atoms with van der Waals surface area (Å²) in [5.74, 6) is -0.855. The molecule has 0 rings (SSSR count). The second-order valence-corrected chi connectivity index (χ2v) is 23.4. The van der Waals surface area contributed by atoms with E-state index in [1.54, 1.807) is 0 Å². The normalized spacial score (nSPS) is 12.2. The summed E-state index contributed by atoms with van der Waals surface area (Å²) >= 11 is 0. The van der Waals surface area contributed by atoms with Crippen LogP contribution in [0.15, 0.2) is 36.5 Å². The van der Waals surface area contributed by atoms with E-state index in [0.717, 1.165) is 70.6 Å². The standard InChI is InChI=1S/C71H132O6/c1-4-7-10-13-16-19-22-24-26-28-30-32-34-35-37-38-40-42-44-46-49-52-55-58-61-64-70(73)76-67-68(66-75-69(72)63-60-57-54-51-48-21-18-15-12-9-6-3)77-71(74)65-62-59-56-53-50-47-45-43-41-39-36-33-31-29-27-25-23-20-17-14-11-8-5-2/h15,18,22,24,28,30,68H,4-14,16-17,19-21,23,25-27,29,31-67H2,1-3H3/b18-15-,24-22-,30-28-. The lowest BCUT2D eigenvalue weighted by atomic mass is 10.0. The molecule has 0 saturated carbocycles. The van der Waals surface area contributed by atoms with Gasteiger partial charge < -0.3 is 14.2 Å². The molecule has 0 fully saturated rings. The lowest BCUT2D eigenvalue weighted by Gasteiger charge is -2.18. The fourth-order valence-electron chi connectivity index (χ4n) is 10.4. The molecular weight excluding hydrogens is 949 g/mol. The summed E-state index contributed by atoms with van der Waals surface area (Å²) in [5, 5.41) is 0. The predicted octanol–water partition coefficient (Wildman–Crippen LogP) is 23.6. The van der Waals surface area contributed by atoms with Gasteiger partial charge in [-0.15, -0.1) is 0 Å². The number of carbonyl (C=O) groups excluding carboxylic acids is 3. The van der Waals surface area contributed by atoms with Crippen molar-refractivity contribution in [2.75, 3.05) is 13.2 Å². The minimum absolute atomic E-state index is 0.0705. The largest absolute Gasteiger partial charge is 0.462 e. The monoisotopic (exact) mass is 1080 g/mol. The van der Waals surface area contributed by atoms with Crippen molar-refractivity contribution in [2.24, 2.45) is 0 Å². The van der Waals surface area contributed by atoms with Crippen LogP contribution < -0.4 is 0 Å². The molecule has 0 amide bonds. The van der Waals surface area contributed by atoms with Crippen LogP contribution in [0.3, 0.4) is 0 Å². The van der Waals surface area contributed by atoms with Gasteiger partial charge in [0, 0.05) is 19.3 Å². The highest BCUT2D eigenvalue weighted by Gasteiger charge is 2.19. The maximum Gasteiger partial charge on any atom is 0.306 e. The molecule has 0 aromatic heterocycles. The van der Waals surface area contributed by atoms with Crippen molar-refractivity contribution in [3.05, 3.63) is 36.5 Å². The van der Waals surface area contributed by atoms with Gasteiger partial charge in [-0.05, 0) is 70.6 Å². The Bertz CT molecular complexity index is 1290. The van der Waals surface area contributed by atoms with Gasteiger partial charge >= 0.3 is 17.9 Å². The maximum atomic E-state index is 12.9. The molecule has 6 nitrogen and oxygen atoms in total. The molecular formula is C71H132O6. The zero-order valence-corrected chi connectivity index (χ0v) is 52.0. The molecule has 1 atom stereocenters. The molecule has 0 aliphatic heterocycles. The van der Waals surface area contributed by atoms with E-state index >= 15 is 0 Å². The Balaban J connectivity index is 4.19.